The summed E-state index contributed by atoms with van der Waals surface area (Å²) in [5.74, 6) is 1.64. The Kier molecular flexibility index (Phi) is 3.35. The van der Waals surface area contributed by atoms with Crippen molar-refractivity contribution >= 4 is 39.4 Å². The summed E-state index contributed by atoms with van der Waals surface area (Å²) >= 11 is 6.01. The highest BCUT2D eigenvalue weighted by atomic mass is 35.5. The molecule has 0 saturated carbocycles. The zero-order valence-corrected chi connectivity index (χ0v) is 13.2. The smallest absolute Gasteiger partial charge is 0.137 e. The lowest BCUT2D eigenvalue weighted by atomic mass is 10.2. The van der Waals surface area contributed by atoms with Gasteiger partial charge in [-0.2, -0.15) is 0 Å². The van der Waals surface area contributed by atoms with E-state index in [0.29, 0.717) is 11.6 Å². The van der Waals surface area contributed by atoms with Crippen LogP contribution in [0.1, 0.15) is 11.4 Å². The maximum atomic E-state index is 6.01. The molecule has 23 heavy (non-hydrogen) atoms. The number of aromatic amines is 1. The fourth-order valence-corrected chi connectivity index (χ4v) is 2.82. The number of anilines is 1. The Morgan fingerprint density at radius 2 is 2.09 bits per heavy atom. The number of rotatable bonds is 3. The second-order valence-corrected chi connectivity index (χ2v) is 5.83. The molecule has 0 amide bonds. The molecule has 2 N–H and O–H groups in total. The normalized spacial score (nSPS) is 11.2. The maximum absolute atomic E-state index is 6.01. The monoisotopic (exact) mass is 323 g/mol. The maximum Gasteiger partial charge on any atom is 0.137 e. The van der Waals surface area contributed by atoms with Crippen molar-refractivity contribution in [3.8, 4) is 0 Å². The summed E-state index contributed by atoms with van der Waals surface area (Å²) in [6, 6.07) is 11.7. The van der Waals surface area contributed by atoms with E-state index in [4.69, 9.17) is 11.6 Å². The molecule has 0 bridgehead atoms. The highest BCUT2D eigenvalue weighted by Crippen LogP contribution is 2.23. The van der Waals surface area contributed by atoms with Crippen LogP contribution in [-0.2, 0) is 6.54 Å². The summed E-state index contributed by atoms with van der Waals surface area (Å²) in [6.45, 7) is 2.62. The largest absolute Gasteiger partial charge is 0.362 e. The van der Waals surface area contributed by atoms with Gasteiger partial charge in [-0.3, -0.25) is 0 Å². The fourth-order valence-electron chi connectivity index (χ4n) is 2.65. The Balaban J connectivity index is 1.64. The first-order valence-corrected chi connectivity index (χ1v) is 7.67. The SMILES string of the molecule is Cc1cccc2[nH]c(CNc3ncnc4cc(Cl)ccc34)nc12. The van der Waals surface area contributed by atoms with Crippen LogP contribution in [0.25, 0.3) is 21.9 Å². The van der Waals surface area contributed by atoms with Crippen LogP contribution in [0.3, 0.4) is 0 Å². The molecule has 2 heterocycles. The molecule has 4 rings (SSSR count). The third-order valence-corrected chi connectivity index (χ3v) is 4.02. The first kappa shape index (κ1) is 14.0. The second kappa shape index (κ2) is 5.52. The molecule has 0 aliphatic rings. The van der Waals surface area contributed by atoms with Crippen molar-refractivity contribution in [3.05, 3.63) is 59.1 Å². The van der Waals surface area contributed by atoms with Gasteiger partial charge >= 0.3 is 0 Å². The van der Waals surface area contributed by atoms with Gasteiger partial charge in [0.2, 0.25) is 0 Å². The number of fused-ring (bicyclic) bond motifs is 2. The van der Waals surface area contributed by atoms with Crippen LogP contribution in [0.2, 0.25) is 5.02 Å². The van der Waals surface area contributed by atoms with Gasteiger partial charge in [-0.15, -0.1) is 0 Å². The number of nitrogens with zero attached hydrogens (tertiary/aromatic N) is 3. The van der Waals surface area contributed by atoms with E-state index in [1.54, 1.807) is 0 Å². The summed E-state index contributed by atoms with van der Waals surface area (Å²) in [6.07, 6.45) is 1.53. The van der Waals surface area contributed by atoms with Crippen LogP contribution >= 0.6 is 11.6 Å². The van der Waals surface area contributed by atoms with E-state index in [1.807, 2.05) is 30.3 Å². The van der Waals surface area contributed by atoms with Crippen LogP contribution in [0.4, 0.5) is 5.82 Å². The number of hydrogen-bond donors (Lipinski definition) is 2. The zero-order valence-electron chi connectivity index (χ0n) is 12.5. The number of H-pyrrole nitrogens is 1. The van der Waals surface area contributed by atoms with Crippen molar-refractivity contribution in [2.75, 3.05) is 5.32 Å². The van der Waals surface area contributed by atoms with Gasteiger partial charge in [0.25, 0.3) is 0 Å². The molecular formula is C17H14ClN5. The summed E-state index contributed by atoms with van der Waals surface area (Å²) < 4.78 is 0. The molecule has 0 unspecified atom stereocenters. The third kappa shape index (κ3) is 2.59. The highest BCUT2D eigenvalue weighted by Gasteiger charge is 2.07. The van der Waals surface area contributed by atoms with Crippen molar-refractivity contribution in [2.45, 2.75) is 13.5 Å². The number of hydrogen-bond acceptors (Lipinski definition) is 4. The van der Waals surface area contributed by atoms with Gasteiger partial charge in [-0.1, -0.05) is 23.7 Å². The Labute approximate surface area is 137 Å². The van der Waals surface area contributed by atoms with E-state index in [-0.39, 0.29) is 0 Å². The van der Waals surface area contributed by atoms with E-state index in [2.05, 4.69) is 38.2 Å². The summed E-state index contributed by atoms with van der Waals surface area (Å²) in [7, 11) is 0. The van der Waals surface area contributed by atoms with Gasteiger partial charge in [0.05, 0.1) is 23.1 Å². The lowest BCUT2D eigenvalue weighted by Gasteiger charge is -2.06. The highest BCUT2D eigenvalue weighted by molar-refractivity contribution is 6.31. The minimum absolute atomic E-state index is 0.558. The Hall–Kier alpha value is -2.66. The number of nitrogens with one attached hydrogen (secondary N) is 2. The van der Waals surface area contributed by atoms with Crippen molar-refractivity contribution in [3.63, 3.8) is 0 Å². The molecule has 4 aromatic rings. The number of halogens is 1. The summed E-state index contributed by atoms with van der Waals surface area (Å²) in [5, 5.41) is 4.91. The molecule has 5 nitrogen and oxygen atoms in total. The molecule has 0 atom stereocenters. The number of imidazole rings is 1. The predicted octanol–water partition coefficient (Wildman–Crippen LogP) is 4.08. The van der Waals surface area contributed by atoms with E-state index in [0.717, 1.165) is 39.1 Å². The van der Waals surface area contributed by atoms with Gasteiger partial charge in [-0.25, -0.2) is 15.0 Å². The van der Waals surface area contributed by atoms with Gasteiger partial charge in [-0.05, 0) is 36.8 Å². The topological polar surface area (TPSA) is 66.5 Å². The Morgan fingerprint density at radius 1 is 1.17 bits per heavy atom. The van der Waals surface area contributed by atoms with Crippen LogP contribution in [0.5, 0.6) is 0 Å². The molecular weight excluding hydrogens is 310 g/mol. The molecule has 114 valence electrons. The molecule has 0 aliphatic heterocycles. The van der Waals surface area contributed by atoms with E-state index in [9.17, 15) is 0 Å². The number of aryl methyl sites for hydroxylation is 1. The fraction of sp³-hybridized carbons (Fsp3) is 0.118. The molecule has 0 aliphatic carbocycles. The molecule has 0 saturated heterocycles. The van der Waals surface area contributed by atoms with Crippen LogP contribution in [0.15, 0.2) is 42.7 Å². The molecule has 0 radical (unpaired) electrons. The van der Waals surface area contributed by atoms with E-state index >= 15 is 0 Å². The molecule has 0 fully saturated rings. The third-order valence-electron chi connectivity index (χ3n) is 3.79. The minimum Gasteiger partial charge on any atom is -0.362 e. The lowest BCUT2D eigenvalue weighted by Crippen LogP contribution is -2.04. The van der Waals surface area contributed by atoms with Crippen LogP contribution < -0.4 is 5.32 Å². The van der Waals surface area contributed by atoms with Crippen LogP contribution in [0, 0.1) is 6.92 Å². The van der Waals surface area contributed by atoms with Crippen molar-refractivity contribution in [1.29, 1.82) is 0 Å². The number of para-hydroxylation sites is 1. The quantitative estimate of drug-likeness (QED) is 0.596. The van der Waals surface area contributed by atoms with Crippen LogP contribution in [-0.4, -0.2) is 19.9 Å². The van der Waals surface area contributed by atoms with Gasteiger partial charge in [0.1, 0.15) is 18.0 Å². The van der Waals surface area contributed by atoms with Gasteiger partial charge in [0.15, 0.2) is 0 Å². The minimum atomic E-state index is 0.558. The summed E-state index contributed by atoms with van der Waals surface area (Å²) in [4.78, 5) is 16.5. The lowest BCUT2D eigenvalue weighted by molar-refractivity contribution is 0.997. The second-order valence-electron chi connectivity index (χ2n) is 5.39. The average Bonchev–Trinajstić information content (AvgIpc) is 2.97. The first-order valence-electron chi connectivity index (χ1n) is 7.29. The number of aromatic nitrogens is 4. The Bertz CT molecular complexity index is 1010. The number of benzene rings is 2. The standard InChI is InChI=1S/C17H14ClN5/c1-10-3-2-4-13-16(10)23-15(22-13)8-19-17-12-6-5-11(18)7-14(12)20-9-21-17/h2-7,9H,8H2,1H3,(H,22,23)(H,19,20,21). The Morgan fingerprint density at radius 3 is 2.96 bits per heavy atom. The van der Waals surface area contributed by atoms with Crippen molar-refractivity contribution in [2.24, 2.45) is 0 Å². The zero-order chi connectivity index (χ0) is 15.8. The first-order chi connectivity index (χ1) is 11.2. The molecule has 6 heteroatoms. The average molecular weight is 324 g/mol. The van der Waals surface area contributed by atoms with E-state index in [1.165, 1.54) is 6.33 Å². The van der Waals surface area contributed by atoms with Gasteiger partial charge in [0, 0.05) is 10.4 Å². The van der Waals surface area contributed by atoms with Crippen molar-refractivity contribution in [1.82, 2.24) is 19.9 Å². The molecule has 0 spiro atoms. The predicted molar refractivity (Wildman–Crippen MR) is 92.7 cm³/mol. The van der Waals surface area contributed by atoms with E-state index < -0.39 is 0 Å². The molecule has 2 aromatic carbocycles. The molecule has 2 aromatic heterocycles. The van der Waals surface area contributed by atoms with Crippen molar-refractivity contribution < 1.29 is 0 Å². The van der Waals surface area contributed by atoms with Gasteiger partial charge < -0.3 is 10.3 Å². The summed E-state index contributed by atoms with van der Waals surface area (Å²) in [5.41, 5.74) is 4.02.